The second kappa shape index (κ2) is 13.2. The number of carbonyl (C=O) groups is 2. The van der Waals surface area contributed by atoms with Crippen molar-refractivity contribution >= 4 is 21.9 Å². The van der Waals surface area contributed by atoms with Gasteiger partial charge in [0.25, 0.3) is 0 Å². The van der Waals surface area contributed by atoms with Crippen LogP contribution in [0.3, 0.4) is 0 Å². The summed E-state index contributed by atoms with van der Waals surface area (Å²) in [4.78, 5) is 24.9. The number of methoxy groups -OCH3 is 1. The van der Waals surface area contributed by atoms with E-state index >= 15 is 0 Å². The van der Waals surface area contributed by atoms with Crippen LogP contribution in [0.15, 0.2) is 59.5 Å². The fourth-order valence-electron chi connectivity index (χ4n) is 3.88. The van der Waals surface area contributed by atoms with Crippen LogP contribution in [0.5, 0.6) is 5.75 Å². The molecule has 0 unspecified atom stereocenters. The average molecular weight is 549 g/mol. The molecule has 210 valence electrons. The maximum absolute atomic E-state index is 13.5. The van der Waals surface area contributed by atoms with Crippen molar-refractivity contribution < 1.29 is 33.0 Å². The van der Waals surface area contributed by atoms with Gasteiger partial charge in [-0.2, -0.15) is 4.31 Å². The Kier molecular flexibility index (Phi) is 10.9. The lowest BCUT2D eigenvalue weighted by atomic mass is 9.79. The third kappa shape index (κ3) is 8.02. The van der Waals surface area contributed by atoms with E-state index in [4.69, 9.17) is 4.74 Å². The Bertz CT molecular complexity index is 1170. The van der Waals surface area contributed by atoms with Crippen molar-refractivity contribution in [3.05, 3.63) is 60.2 Å². The molecule has 0 radical (unpaired) electrons. The first-order valence-electron chi connectivity index (χ1n) is 12.6. The minimum Gasteiger partial charge on any atom is -0.497 e. The maximum atomic E-state index is 13.5. The van der Waals surface area contributed by atoms with Crippen molar-refractivity contribution in [1.29, 1.82) is 0 Å². The van der Waals surface area contributed by atoms with Gasteiger partial charge in [-0.1, -0.05) is 51.1 Å². The molecular weight excluding hydrogens is 508 g/mol. The normalized spacial score (nSPS) is 14.7. The zero-order valence-corrected chi connectivity index (χ0v) is 23.7. The number of aliphatic hydroxyl groups is 1. The van der Waals surface area contributed by atoms with E-state index in [0.29, 0.717) is 5.75 Å². The summed E-state index contributed by atoms with van der Waals surface area (Å²) in [7, 11) is -2.48. The van der Waals surface area contributed by atoms with Crippen molar-refractivity contribution in [3.8, 4) is 5.75 Å². The van der Waals surface area contributed by atoms with Gasteiger partial charge < -0.3 is 20.3 Å². The monoisotopic (exact) mass is 548 g/mol. The van der Waals surface area contributed by atoms with Gasteiger partial charge in [0.15, 0.2) is 0 Å². The zero-order valence-electron chi connectivity index (χ0n) is 22.9. The van der Waals surface area contributed by atoms with E-state index in [1.165, 1.54) is 44.3 Å². The number of hydrogen-bond acceptors (Lipinski definition) is 6. The molecule has 0 saturated carbocycles. The number of carboxylic acid groups (broad SMARTS) is 1. The number of carboxylic acids is 1. The second-order valence-electron chi connectivity index (χ2n) is 10.5. The van der Waals surface area contributed by atoms with Crippen LogP contribution in [0, 0.1) is 17.3 Å². The molecule has 2 aromatic rings. The van der Waals surface area contributed by atoms with Crippen LogP contribution >= 0.6 is 0 Å². The number of benzene rings is 2. The molecule has 0 aliphatic carbocycles. The van der Waals surface area contributed by atoms with E-state index in [1.807, 2.05) is 44.2 Å². The number of aliphatic hydroxyl groups excluding tert-OH is 1. The molecule has 9 nitrogen and oxygen atoms in total. The largest absolute Gasteiger partial charge is 0.497 e. The van der Waals surface area contributed by atoms with Crippen LogP contribution in [0.25, 0.3) is 0 Å². The van der Waals surface area contributed by atoms with Gasteiger partial charge in [-0.15, -0.1) is 0 Å². The molecule has 2 aromatic carbocycles. The Hall–Kier alpha value is -2.95. The van der Waals surface area contributed by atoms with E-state index in [2.05, 4.69) is 5.32 Å². The number of amides is 1. The number of hydrogen-bond donors (Lipinski definition) is 3. The lowest BCUT2D eigenvalue weighted by Gasteiger charge is -2.33. The first-order chi connectivity index (χ1) is 17.7. The van der Waals surface area contributed by atoms with E-state index in [0.717, 1.165) is 5.56 Å². The lowest BCUT2D eigenvalue weighted by Crippen LogP contribution is -2.53. The Morgan fingerprint density at radius 2 is 1.58 bits per heavy atom. The Balaban J connectivity index is 2.37. The number of aliphatic carboxylic acids is 1. The molecule has 0 spiro atoms. The zero-order chi connectivity index (χ0) is 28.7. The molecule has 0 heterocycles. The molecule has 0 fully saturated rings. The van der Waals surface area contributed by atoms with Gasteiger partial charge in [-0.3, -0.25) is 9.59 Å². The van der Waals surface area contributed by atoms with Gasteiger partial charge in [-0.25, -0.2) is 8.42 Å². The average Bonchev–Trinajstić information content (AvgIpc) is 2.87. The van der Waals surface area contributed by atoms with E-state index < -0.39 is 45.4 Å². The highest BCUT2D eigenvalue weighted by atomic mass is 32.2. The summed E-state index contributed by atoms with van der Waals surface area (Å²) in [5.74, 6) is -2.07. The van der Waals surface area contributed by atoms with Crippen LogP contribution in [-0.4, -0.2) is 67.2 Å². The number of sulfonamides is 1. The third-order valence-electron chi connectivity index (χ3n) is 6.77. The predicted octanol–water partition coefficient (Wildman–Crippen LogP) is 3.18. The molecule has 0 aliphatic rings. The summed E-state index contributed by atoms with van der Waals surface area (Å²) in [6, 6.07) is 14.3. The molecule has 3 atom stereocenters. The summed E-state index contributed by atoms with van der Waals surface area (Å²) in [6.07, 6.45) is -1.04. The summed E-state index contributed by atoms with van der Waals surface area (Å²) in [5, 5.41) is 23.7. The standard InChI is InChI=1S/C28H40N2O7S/c1-19(2)17-30(38(35,36)23-14-12-22(37-6)13-15-23)18-25(31)24(16-21-10-8-7-9-11-21)29-26(32)20(3)28(4,5)27(33)34/h7-15,19-20,24-25,31H,16-18H2,1-6H3,(H,29,32)(H,33,34)/t20-,24-,25+/m1/s1. The molecule has 0 aliphatic heterocycles. The SMILES string of the molecule is COc1ccc(S(=O)(=O)N(CC(C)C)C[C@H](O)[C@@H](Cc2ccccc2)NC(=O)[C@@H](C)C(C)(C)C(=O)O)cc1. The number of carbonyl (C=O) groups excluding carboxylic acids is 1. The Morgan fingerprint density at radius 3 is 2.08 bits per heavy atom. The van der Waals surface area contributed by atoms with Crippen molar-refractivity contribution in [2.75, 3.05) is 20.2 Å². The van der Waals surface area contributed by atoms with E-state index in [1.54, 1.807) is 12.1 Å². The summed E-state index contributed by atoms with van der Waals surface area (Å²) in [6.45, 7) is 8.10. The van der Waals surface area contributed by atoms with Gasteiger partial charge in [0.1, 0.15) is 5.75 Å². The number of nitrogens with one attached hydrogen (secondary N) is 1. The van der Waals surface area contributed by atoms with Crippen molar-refractivity contribution in [1.82, 2.24) is 9.62 Å². The first-order valence-corrected chi connectivity index (χ1v) is 14.0. The highest BCUT2D eigenvalue weighted by Crippen LogP contribution is 2.27. The van der Waals surface area contributed by atoms with Gasteiger partial charge in [0.2, 0.25) is 15.9 Å². The predicted molar refractivity (Wildman–Crippen MR) is 145 cm³/mol. The Morgan fingerprint density at radius 1 is 1.00 bits per heavy atom. The summed E-state index contributed by atoms with van der Waals surface area (Å²) < 4.78 is 33.4. The van der Waals surface area contributed by atoms with E-state index in [9.17, 15) is 28.2 Å². The molecule has 0 aromatic heterocycles. The molecule has 10 heteroatoms. The van der Waals surface area contributed by atoms with Gasteiger partial charge >= 0.3 is 5.97 Å². The summed E-state index contributed by atoms with van der Waals surface area (Å²) >= 11 is 0. The van der Waals surface area contributed by atoms with Crippen LogP contribution in [0.1, 0.15) is 40.2 Å². The molecule has 1 amide bonds. The molecular formula is C28H40N2O7S. The third-order valence-corrected chi connectivity index (χ3v) is 8.62. The minimum absolute atomic E-state index is 0.0335. The second-order valence-corrected chi connectivity index (χ2v) is 12.5. The van der Waals surface area contributed by atoms with Crippen LogP contribution in [0.2, 0.25) is 0 Å². The van der Waals surface area contributed by atoms with Gasteiger partial charge in [-0.05, 0) is 56.0 Å². The van der Waals surface area contributed by atoms with Gasteiger partial charge in [0, 0.05) is 13.1 Å². The number of ether oxygens (including phenoxy) is 1. The van der Waals surface area contributed by atoms with Crippen molar-refractivity contribution in [2.24, 2.45) is 17.3 Å². The van der Waals surface area contributed by atoms with Gasteiger partial charge in [0.05, 0.1) is 35.5 Å². The quantitative estimate of drug-likeness (QED) is 0.330. The highest BCUT2D eigenvalue weighted by molar-refractivity contribution is 7.89. The molecule has 3 N–H and O–H groups in total. The fourth-order valence-corrected chi connectivity index (χ4v) is 5.50. The van der Waals surface area contributed by atoms with Crippen molar-refractivity contribution in [2.45, 2.75) is 58.1 Å². The first kappa shape index (κ1) is 31.3. The molecule has 2 rings (SSSR count). The molecule has 0 saturated heterocycles. The fraction of sp³-hybridized carbons (Fsp3) is 0.500. The smallest absolute Gasteiger partial charge is 0.309 e. The lowest BCUT2D eigenvalue weighted by molar-refractivity contribution is -0.153. The highest BCUT2D eigenvalue weighted by Gasteiger charge is 2.40. The number of rotatable bonds is 14. The molecule has 0 bridgehead atoms. The van der Waals surface area contributed by atoms with Crippen LogP contribution in [0.4, 0.5) is 0 Å². The van der Waals surface area contributed by atoms with Crippen LogP contribution < -0.4 is 10.1 Å². The maximum Gasteiger partial charge on any atom is 0.309 e. The van der Waals surface area contributed by atoms with Crippen LogP contribution in [-0.2, 0) is 26.0 Å². The Labute approximate surface area is 225 Å². The molecule has 38 heavy (non-hydrogen) atoms. The minimum atomic E-state index is -3.97. The van der Waals surface area contributed by atoms with E-state index in [-0.39, 0.29) is 30.3 Å². The number of nitrogens with zero attached hydrogens (tertiary/aromatic N) is 1. The topological polar surface area (TPSA) is 133 Å². The summed E-state index contributed by atoms with van der Waals surface area (Å²) in [5.41, 5.74) is -0.510. The van der Waals surface area contributed by atoms with Crippen molar-refractivity contribution in [3.63, 3.8) is 0 Å².